The number of nitrogens with one attached hydrogen (secondary N) is 4. The van der Waals surface area contributed by atoms with Gasteiger partial charge in [0.2, 0.25) is 0 Å². The third-order valence-electron chi connectivity index (χ3n) is 4.07. The van der Waals surface area contributed by atoms with Gasteiger partial charge in [-0.2, -0.15) is 0 Å². The standard InChI is InChI=1S/C18H28N4O4/c1-5-25-16(23)18(8-9-18)11-19-17(24)21-22-20-14-6-7-15(13(4)10-14)26-12(2)3/h6-7,10,12,20,22H,5,8-9,11H2,1-4H3,(H2,19,21,24). The van der Waals surface area contributed by atoms with Crippen molar-refractivity contribution in [3.63, 3.8) is 0 Å². The highest BCUT2D eigenvalue weighted by molar-refractivity contribution is 5.81. The summed E-state index contributed by atoms with van der Waals surface area (Å²) < 4.78 is 10.7. The predicted octanol–water partition coefficient (Wildman–Crippen LogP) is 2.26. The zero-order chi connectivity index (χ0) is 19.2. The Morgan fingerprint density at radius 1 is 1.27 bits per heavy atom. The first-order valence-corrected chi connectivity index (χ1v) is 8.85. The molecule has 0 radical (unpaired) electrons. The number of benzene rings is 1. The summed E-state index contributed by atoms with van der Waals surface area (Å²) in [5.41, 5.74) is 9.21. The van der Waals surface area contributed by atoms with Crippen LogP contribution in [0.1, 0.15) is 39.2 Å². The summed E-state index contributed by atoms with van der Waals surface area (Å²) in [6.07, 6.45) is 1.59. The quantitative estimate of drug-likeness (QED) is 0.396. The van der Waals surface area contributed by atoms with Gasteiger partial charge in [-0.3, -0.25) is 10.2 Å². The lowest BCUT2D eigenvalue weighted by atomic mass is 10.1. The third-order valence-corrected chi connectivity index (χ3v) is 4.07. The number of ether oxygens (including phenoxy) is 2. The van der Waals surface area contributed by atoms with Crippen LogP contribution in [0.15, 0.2) is 18.2 Å². The Morgan fingerprint density at radius 3 is 2.58 bits per heavy atom. The van der Waals surface area contributed by atoms with E-state index in [1.54, 1.807) is 6.92 Å². The average Bonchev–Trinajstić information content (AvgIpc) is 3.37. The fourth-order valence-electron chi connectivity index (χ4n) is 2.46. The fraction of sp³-hybridized carbons (Fsp3) is 0.556. The van der Waals surface area contributed by atoms with Crippen molar-refractivity contribution in [2.45, 2.75) is 46.6 Å². The lowest BCUT2D eigenvalue weighted by Crippen LogP contribution is -2.48. The Morgan fingerprint density at radius 2 is 2.00 bits per heavy atom. The molecule has 1 aromatic carbocycles. The Kier molecular flexibility index (Phi) is 6.68. The van der Waals surface area contributed by atoms with E-state index in [4.69, 9.17) is 9.47 Å². The first kappa shape index (κ1) is 19.8. The largest absolute Gasteiger partial charge is 0.491 e. The van der Waals surface area contributed by atoms with E-state index in [0.29, 0.717) is 6.61 Å². The van der Waals surface area contributed by atoms with E-state index in [9.17, 15) is 9.59 Å². The highest BCUT2D eigenvalue weighted by Crippen LogP contribution is 2.46. The van der Waals surface area contributed by atoms with Crippen LogP contribution in [-0.4, -0.2) is 31.3 Å². The number of hydrogen-bond donors (Lipinski definition) is 4. The van der Waals surface area contributed by atoms with Crippen molar-refractivity contribution >= 4 is 17.7 Å². The summed E-state index contributed by atoms with van der Waals surface area (Å²) in [6, 6.07) is 5.20. The molecular formula is C18H28N4O4. The van der Waals surface area contributed by atoms with Crippen molar-refractivity contribution in [2.24, 2.45) is 5.41 Å². The normalized spacial score (nSPS) is 14.5. The molecule has 8 nitrogen and oxygen atoms in total. The minimum absolute atomic E-state index is 0.111. The molecule has 144 valence electrons. The molecule has 1 aromatic rings. The number of rotatable bonds is 9. The van der Waals surface area contributed by atoms with Crippen LogP contribution < -0.4 is 26.4 Å². The van der Waals surface area contributed by atoms with Crippen LogP contribution in [0.2, 0.25) is 0 Å². The van der Waals surface area contributed by atoms with Crippen LogP contribution in [0, 0.1) is 12.3 Å². The molecule has 0 atom stereocenters. The van der Waals surface area contributed by atoms with Crippen molar-refractivity contribution < 1.29 is 19.1 Å². The number of urea groups is 1. The van der Waals surface area contributed by atoms with E-state index in [2.05, 4.69) is 21.7 Å². The molecule has 0 aromatic heterocycles. The second-order valence-electron chi connectivity index (χ2n) is 6.71. The first-order chi connectivity index (χ1) is 12.4. The first-order valence-electron chi connectivity index (χ1n) is 8.85. The van der Waals surface area contributed by atoms with Crippen molar-refractivity contribution in [2.75, 3.05) is 18.6 Å². The maximum atomic E-state index is 11.8. The highest BCUT2D eigenvalue weighted by Gasteiger charge is 2.51. The summed E-state index contributed by atoms with van der Waals surface area (Å²) in [5.74, 6) is 0.579. The summed E-state index contributed by atoms with van der Waals surface area (Å²) in [6.45, 7) is 8.28. The Bertz CT molecular complexity index is 644. The molecule has 2 rings (SSSR count). The summed E-state index contributed by atoms with van der Waals surface area (Å²) in [4.78, 5) is 23.7. The number of amides is 2. The highest BCUT2D eigenvalue weighted by atomic mass is 16.5. The lowest BCUT2D eigenvalue weighted by molar-refractivity contribution is -0.149. The van der Waals surface area contributed by atoms with Crippen molar-refractivity contribution in [3.8, 4) is 5.75 Å². The minimum Gasteiger partial charge on any atom is -0.491 e. The van der Waals surface area contributed by atoms with Gasteiger partial charge in [-0.1, -0.05) is 0 Å². The predicted molar refractivity (Wildman–Crippen MR) is 98.5 cm³/mol. The molecule has 8 heteroatoms. The van der Waals surface area contributed by atoms with Gasteiger partial charge in [0.25, 0.3) is 0 Å². The van der Waals surface area contributed by atoms with Crippen LogP contribution in [0.4, 0.5) is 10.5 Å². The molecule has 1 fully saturated rings. The number of carbonyl (C=O) groups is 2. The zero-order valence-electron chi connectivity index (χ0n) is 15.8. The average molecular weight is 364 g/mol. The molecule has 0 saturated heterocycles. The Balaban J connectivity index is 1.72. The van der Waals surface area contributed by atoms with Gasteiger partial charge in [-0.05, 0) is 64.3 Å². The van der Waals surface area contributed by atoms with E-state index in [1.807, 2.05) is 39.0 Å². The van der Waals surface area contributed by atoms with E-state index in [0.717, 1.165) is 29.8 Å². The maximum Gasteiger partial charge on any atom is 0.330 e. The van der Waals surface area contributed by atoms with Gasteiger partial charge in [0, 0.05) is 6.54 Å². The van der Waals surface area contributed by atoms with Crippen molar-refractivity contribution in [1.82, 2.24) is 16.3 Å². The van der Waals surface area contributed by atoms with E-state index < -0.39 is 11.4 Å². The number of anilines is 1. The molecule has 4 N–H and O–H groups in total. The molecule has 0 heterocycles. The molecule has 0 spiro atoms. The second-order valence-corrected chi connectivity index (χ2v) is 6.71. The van der Waals surface area contributed by atoms with Gasteiger partial charge in [-0.25, -0.2) is 4.79 Å². The number of esters is 1. The van der Waals surface area contributed by atoms with Gasteiger partial charge in [-0.15, -0.1) is 5.53 Å². The molecule has 1 saturated carbocycles. The topological polar surface area (TPSA) is 101 Å². The van der Waals surface area contributed by atoms with Gasteiger partial charge in [0.1, 0.15) is 5.75 Å². The molecule has 1 aliphatic rings. The molecular weight excluding hydrogens is 336 g/mol. The van der Waals surface area contributed by atoms with Crippen LogP contribution in [0.25, 0.3) is 0 Å². The van der Waals surface area contributed by atoms with Crippen LogP contribution in [-0.2, 0) is 9.53 Å². The van der Waals surface area contributed by atoms with Crippen LogP contribution in [0.5, 0.6) is 5.75 Å². The third kappa shape index (κ3) is 5.52. The number of hydrogen-bond acceptors (Lipinski definition) is 6. The van der Waals surface area contributed by atoms with Crippen LogP contribution in [0.3, 0.4) is 0 Å². The number of aryl methyl sites for hydroxylation is 1. The fourth-order valence-corrected chi connectivity index (χ4v) is 2.46. The molecule has 0 bridgehead atoms. The summed E-state index contributed by atoms with van der Waals surface area (Å²) in [7, 11) is 0. The van der Waals surface area contributed by atoms with Crippen molar-refractivity contribution in [1.29, 1.82) is 0 Å². The molecule has 26 heavy (non-hydrogen) atoms. The van der Waals surface area contributed by atoms with E-state index in [-0.39, 0.29) is 18.6 Å². The van der Waals surface area contributed by atoms with Crippen LogP contribution >= 0.6 is 0 Å². The second kappa shape index (κ2) is 8.75. The van der Waals surface area contributed by atoms with E-state index >= 15 is 0 Å². The Hall–Kier alpha value is -2.48. The zero-order valence-corrected chi connectivity index (χ0v) is 15.8. The van der Waals surface area contributed by atoms with Gasteiger partial charge < -0.3 is 20.2 Å². The van der Waals surface area contributed by atoms with Gasteiger partial charge in [0.15, 0.2) is 0 Å². The Labute approximate surface area is 153 Å². The number of hydrazine groups is 2. The minimum atomic E-state index is -0.551. The monoisotopic (exact) mass is 364 g/mol. The smallest absolute Gasteiger partial charge is 0.330 e. The SMILES string of the molecule is CCOC(=O)C1(CNC(=O)NNNc2ccc(OC(C)C)c(C)c2)CC1. The van der Waals surface area contributed by atoms with Gasteiger partial charge >= 0.3 is 12.0 Å². The number of carbonyl (C=O) groups excluding carboxylic acids is 2. The molecule has 0 unspecified atom stereocenters. The molecule has 2 amide bonds. The summed E-state index contributed by atoms with van der Waals surface area (Å²) >= 11 is 0. The maximum absolute atomic E-state index is 11.8. The molecule has 0 aliphatic heterocycles. The van der Waals surface area contributed by atoms with Gasteiger partial charge in [0.05, 0.1) is 23.8 Å². The van der Waals surface area contributed by atoms with Crippen molar-refractivity contribution in [3.05, 3.63) is 23.8 Å². The lowest BCUT2D eigenvalue weighted by Gasteiger charge is -2.16. The molecule has 1 aliphatic carbocycles. The van der Waals surface area contributed by atoms with E-state index in [1.165, 1.54) is 0 Å². The summed E-state index contributed by atoms with van der Waals surface area (Å²) in [5, 5.41) is 2.68.